The standard InChI is InChI=1S/C26H27FN4O4/c1-17-23(34-21-15-28-26(29-16-21)31-11-13-33-14-12-31)10-9-22(30-25(32)18-3-2-4-18)24(17)35-20-7-5-19(27)6-8-20/h5-10,15-16,18H,2-4,11-14H2,1H3,(H,30,32). The van der Waals surface area contributed by atoms with Crippen molar-refractivity contribution in [3.63, 3.8) is 0 Å². The molecule has 2 aromatic carbocycles. The lowest BCUT2D eigenvalue weighted by Gasteiger charge is -2.26. The number of nitrogens with one attached hydrogen (secondary N) is 1. The van der Waals surface area contributed by atoms with E-state index in [1.165, 1.54) is 24.3 Å². The Bertz CT molecular complexity index is 1180. The summed E-state index contributed by atoms with van der Waals surface area (Å²) in [5.74, 6) is 2.16. The molecule has 1 amide bonds. The van der Waals surface area contributed by atoms with Crippen molar-refractivity contribution in [2.24, 2.45) is 5.92 Å². The van der Waals surface area contributed by atoms with Crippen LogP contribution in [0.2, 0.25) is 0 Å². The van der Waals surface area contributed by atoms with E-state index in [1.807, 2.05) is 6.92 Å². The molecular formula is C26H27FN4O4. The second kappa shape index (κ2) is 10.3. The van der Waals surface area contributed by atoms with Gasteiger partial charge in [-0.3, -0.25) is 4.79 Å². The van der Waals surface area contributed by atoms with E-state index in [4.69, 9.17) is 14.2 Å². The van der Waals surface area contributed by atoms with Crippen molar-refractivity contribution in [1.29, 1.82) is 0 Å². The van der Waals surface area contributed by atoms with E-state index >= 15 is 0 Å². The minimum Gasteiger partial charge on any atom is -0.455 e. The minimum absolute atomic E-state index is 0.0204. The molecule has 1 aromatic heterocycles. The molecule has 182 valence electrons. The molecule has 0 radical (unpaired) electrons. The van der Waals surface area contributed by atoms with Gasteiger partial charge in [-0.05, 0) is 56.2 Å². The van der Waals surface area contributed by atoms with Crippen LogP contribution in [0.1, 0.15) is 24.8 Å². The summed E-state index contributed by atoms with van der Waals surface area (Å²) < 4.78 is 30.9. The molecule has 2 aliphatic rings. The van der Waals surface area contributed by atoms with Gasteiger partial charge in [0.15, 0.2) is 11.5 Å². The quantitative estimate of drug-likeness (QED) is 0.507. The zero-order valence-electron chi connectivity index (χ0n) is 19.5. The van der Waals surface area contributed by atoms with Gasteiger partial charge < -0.3 is 24.4 Å². The first-order valence-electron chi connectivity index (χ1n) is 11.8. The molecule has 1 aliphatic carbocycles. The molecule has 2 fully saturated rings. The topological polar surface area (TPSA) is 85.8 Å². The van der Waals surface area contributed by atoms with Crippen LogP contribution >= 0.6 is 0 Å². The summed E-state index contributed by atoms with van der Waals surface area (Å²) in [6, 6.07) is 9.26. The molecule has 5 rings (SSSR count). The van der Waals surface area contributed by atoms with E-state index in [0.29, 0.717) is 53.4 Å². The van der Waals surface area contributed by atoms with Crippen molar-refractivity contribution in [2.45, 2.75) is 26.2 Å². The highest BCUT2D eigenvalue weighted by Crippen LogP contribution is 2.40. The number of hydrogen-bond donors (Lipinski definition) is 1. The average molecular weight is 479 g/mol. The van der Waals surface area contributed by atoms with Gasteiger partial charge in [0.25, 0.3) is 0 Å². The van der Waals surface area contributed by atoms with Crippen molar-refractivity contribution >= 4 is 17.5 Å². The van der Waals surface area contributed by atoms with Crippen LogP contribution in [0.15, 0.2) is 48.8 Å². The molecule has 35 heavy (non-hydrogen) atoms. The first-order valence-corrected chi connectivity index (χ1v) is 11.8. The van der Waals surface area contributed by atoms with E-state index in [0.717, 1.165) is 32.4 Å². The van der Waals surface area contributed by atoms with Crippen molar-refractivity contribution in [1.82, 2.24) is 9.97 Å². The number of carbonyl (C=O) groups excluding carboxylic acids is 1. The van der Waals surface area contributed by atoms with Gasteiger partial charge >= 0.3 is 0 Å². The first-order chi connectivity index (χ1) is 17.1. The average Bonchev–Trinajstić information content (AvgIpc) is 2.84. The van der Waals surface area contributed by atoms with Gasteiger partial charge in [0.2, 0.25) is 11.9 Å². The lowest BCUT2D eigenvalue weighted by molar-refractivity contribution is -0.122. The van der Waals surface area contributed by atoms with Gasteiger partial charge in [0.1, 0.15) is 17.3 Å². The maximum atomic E-state index is 13.4. The molecule has 9 heteroatoms. The molecular weight excluding hydrogens is 451 g/mol. The minimum atomic E-state index is -0.356. The predicted octanol–water partition coefficient (Wildman–Crippen LogP) is 5.08. The summed E-state index contributed by atoms with van der Waals surface area (Å²) in [6.45, 7) is 4.65. The van der Waals surface area contributed by atoms with Gasteiger partial charge in [-0.25, -0.2) is 14.4 Å². The Hall–Kier alpha value is -3.72. The van der Waals surface area contributed by atoms with Crippen LogP contribution in [0, 0.1) is 18.7 Å². The Morgan fingerprint density at radius 3 is 2.40 bits per heavy atom. The van der Waals surface area contributed by atoms with Crippen molar-refractivity contribution in [2.75, 3.05) is 36.5 Å². The van der Waals surface area contributed by atoms with Gasteiger partial charge in [-0.2, -0.15) is 0 Å². The molecule has 2 heterocycles. The fourth-order valence-corrected chi connectivity index (χ4v) is 3.96. The highest BCUT2D eigenvalue weighted by Gasteiger charge is 2.26. The lowest BCUT2D eigenvalue weighted by Crippen LogP contribution is -2.37. The van der Waals surface area contributed by atoms with Gasteiger partial charge in [0.05, 0.1) is 31.3 Å². The normalized spacial score (nSPS) is 15.9. The zero-order chi connectivity index (χ0) is 24.2. The third-order valence-corrected chi connectivity index (χ3v) is 6.26. The Morgan fingerprint density at radius 1 is 1.03 bits per heavy atom. The van der Waals surface area contributed by atoms with E-state index < -0.39 is 0 Å². The summed E-state index contributed by atoms with van der Waals surface area (Å²) in [5, 5.41) is 2.99. The number of benzene rings is 2. The number of carbonyl (C=O) groups is 1. The van der Waals surface area contributed by atoms with Crippen molar-refractivity contribution in [3.05, 3.63) is 60.2 Å². The van der Waals surface area contributed by atoms with Crippen LogP contribution in [-0.2, 0) is 9.53 Å². The lowest BCUT2D eigenvalue weighted by atomic mass is 9.85. The molecule has 0 spiro atoms. The third-order valence-electron chi connectivity index (χ3n) is 6.26. The van der Waals surface area contributed by atoms with Crippen LogP contribution in [0.25, 0.3) is 0 Å². The number of rotatable bonds is 7. The van der Waals surface area contributed by atoms with Crippen LogP contribution in [0.3, 0.4) is 0 Å². The molecule has 1 N–H and O–H groups in total. The molecule has 8 nitrogen and oxygen atoms in total. The number of ether oxygens (including phenoxy) is 3. The van der Waals surface area contributed by atoms with Crippen LogP contribution < -0.4 is 19.7 Å². The summed E-state index contributed by atoms with van der Waals surface area (Å²) in [6.07, 6.45) is 6.10. The molecule has 3 aromatic rings. The van der Waals surface area contributed by atoms with Gasteiger partial charge in [0, 0.05) is 24.6 Å². The monoisotopic (exact) mass is 478 g/mol. The fraction of sp³-hybridized carbons (Fsp3) is 0.346. The predicted molar refractivity (Wildman–Crippen MR) is 129 cm³/mol. The highest BCUT2D eigenvalue weighted by molar-refractivity contribution is 5.95. The Labute approximate surface area is 203 Å². The first kappa shape index (κ1) is 23.0. The number of hydrogen-bond acceptors (Lipinski definition) is 7. The van der Waals surface area contributed by atoms with Crippen LogP contribution in [0.4, 0.5) is 16.0 Å². The largest absolute Gasteiger partial charge is 0.455 e. The third kappa shape index (κ3) is 5.35. The number of aromatic nitrogens is 2. The van der Waals surface area contributed by atoms with Crippen molar-refractivity contribution < 1.29 is 23.4 Å². The number of anilines is 2. The molecule has 1 saturated heterocycles. The molecule has 1 aliphatic heterocycles. The second-order valence-corrected chi connectivity index (χ2v) is 8.66. The molecule has 0 atom stereocenters. The number of halogens is 1. The molecule has 1 saturated carbocycles. The van der Waals surface area contributed by atoms with Crippen LogP contribution in [-0.4, -0.2) is 42.2 Å². The van der Waals surface area contributed by atoms with E-state index in [-0.39, 0.29) is 17.6 Å². The summed E-state index contributed by atoms with van der Waals surface area (Å²) >= 11 is 0. The number of amides is 1. The van der Waals surface area contributed by atoms with E-state index in [9.17, 15) is 9.18 Å². The second-order valence-electron chi connectivity index (χ2n) is 8.66. The Balaban J connectivity index is 1.39. The Kier molecular flexibility index (Phi) is 6.76. The van der Waals surface area contributed by atoms with Gasteiger partial charge in [-0.15, -0.1) is 0 Å². The number of morpholine rings is 1. The fourth-order valence-electron chi connectivity index (χ4n) is 3.96. The molecule has 0 bridgehead atoms. The highest BCUT2D eigenvalue weighted by atomic mass is 19.1. The van der Waals surface area contributed by atoms with Crippen molar-refractivity contribution in [3.8, 4) is 23.0 Å². The summed E-state index contributed by atoms with van der Waals surface area (Å²) in [4.78, 5) is 23.5. The maximum Gasteiger partial charge on any atom is 0.227 e. The SMILES string of the molecule is Cc1c(Oc2cnc(N3CCOCC3)nc2)ccc(NC(=O)C2CCC2)c1Oc1ccc(F)cc1. The van der Waals surface area contributed by atoms with E-state index in [2.05, 4.69) is 20.2 Å². The van der Waals surface area contributed by atoms with Gasteiger partial charge in [-0.1, -0.05) is 6.42 Å². The maximum absolute atomic E-state index is 13.4. The zero-order valence-corrected chi connectivity index (χ0v) is 19.5. The van der Waals surface area contributed by atoms with E-state index in [1.54, 1.807) is 24.5 Å². The summed E-state index contributed by atoms with van der Waals surface area (Å²) in [7, 11) is 0. The molecule has 0 unspecified atom stereocenters. The van der Waals surface area contributed by atoms with Crippen LogP contribution in [0.5, 0.6) is 23.0 Å². The number of nitrogens with zero attached hydrogens (tertiary/aromatic N) is 3. The Morgan fingerprint density at radius 2 is 1.74 bits per heavy atom. The smallest absolute Gasteiger partial charge is 0.227 e. The summed E-state index contributed by atoms with van der Waals surface area (Å²) in [5.41, 5.74) is 1.22.